The maximum atomic E-state index is 12.8. The van der Waals surface area contributed by atoms with Gasteiger partial charge < -0.3 is 5.32 Å². The largest absolute Gasteiger partial charge is 0.501 e. The van der Waals surface area contributed by atoms with Crippen LogP contribution in [0.5, 0.6) is 0 Å². The minimum Gasteiger partial charge on any atom is -0.354 e. The van der Waals surface area contributed by atoms with Crippen LogP contribution >= 0.6 is 0 Å². The van der Waals surface area contributed by atoms with E-state index in [0.29, 0.717) is 5.69 Å². The number of hydrogen-bond acceptors (Lipinski definition) is 4. The Morgan fingerprint density at radius 2 is 1.75 bits per heavy atom. The van der Waals surface area contributed by atoms with Gasteiger partial charge in [0.2, 0.25) is 0 Å². The van der Waals surface area contributed by atoms with Gasteiger partial charge in [-0.25, -0.2) is 8.42 Å². The van der Waals surface area contributed by atoms with Crippen LogP contribution in [0.3, 0.4) is 0 Å². The Balaban J connectivity index is 2.41. The van der Waals surface area contributed by atoms with Crippen molar-refractivity contribution in [1.82, 2.24) is 0 Å². The number of benzene rings is 2. The molecule has 0 aliphatic rings. The van der Waals surface area contributed by atoms with Gasteiger partial charge in [0.05, 0.1) is 10.6 Å². The van der Waals surface area contributed by atoms with Gasteiger partial charge in [-0.3, -0.25) is 4.21 Å². The first kappa shape index (κ1) is 18.5. The van der Waals surface area contributed by atoms with Crippen molar-refractivity contribution in [2.24, 2.45) is 0 Å². The number of hydrogen-bond donors (Lipinski definition) is 1. The van der Waals surface area contributed by atoms with Crippen LogP contribution < -0.4 is 5.32 Å². The number of anilines is 2. The summed E-state index contributed by atoms with van der Waals surface area (Å²) in [5.74, 6) is 0.290. The summed E-state index contributed by atoms with van der Waals surface area (Å²) in [6.07, 6.45) is 1.53. The van der Waals surface area contributed by atoms with Crippen LogP contribution in [-0.2, 0) is 26.4 Å². The molecule has 0 aromatic heterocycles. The number of nitrogens with one attached hydrogen (secondary N) is 1. The Bertz CT molecular complexity index is 864. The summed E-state index contributed by atoms with van der Waals surface area (Å²) in [5.41, 5.74) is -4.43. The predicted octanol–water partition coefficient (Wildman–Crippen LogP) is 3.60. The summed E-state index contributed by atoms with van der Waals surface area (Å²) in [5, 5.41) is 2.69. The second kappa shape index (κ2) is 6.94. The maximum Gasteiger partial charge on any atom is 0.501 e. The molecule has 0 amide bonds. The standard InChI is InChI=1S/C15H14F3NO3S2/c1-23(20)10-11-5-4-6-12(9-11)19-13-7-2-3-8-14(13)24(21,22)15(16,17)18/h2-9,19H,10H2,1H3. The smallest absolute Gasteiger partial charge is 0.354 e. The summed E-state index contributed by atoms with van der Waals surface area (Å²) in [6, 6.07) is 11.4. The van der Waals surface area contributed by atoms with Crippen LogP contribution in [0.1, 0.15) is 5.56 Å². The molecular formula is C15H14F3NO3S2. The van der Waals surface area contributed by atoms with E-state index in [1.54, 1.807) is 24.3 Å². The zero-order valence-electron chi connectivity index (χ0n) is 12.5. The number of halogens is 3. The van der Waals surface area contributed by atoms with Gasteiger partial charge in [-0.1, -0.05) is 24.3 Å². The summed E-state index contributed by atoms with van der Waals surface area (Å²) < 4.78 is 73.0. The Hall–Kier alpha value is -1.87. The molecule has 0 saturated carbocycles. The van der Waals surface area contributed by atoms with Crippen molar-refractivity contribution in [3.8, 4) is 0 Å². The molecule has 2 rings (SSSR count). The molecule has 0 bridgehead atoms. The first-order valence-corrected chi connectivity index (χ1v) is 9.88. The van der Waals surface area contributed by atoms with Gasteiger partial charge in [-0.2, -0.15) is 13.2 Å². The van der Waals surface area contributed by atoms with Crippen molar-refractivity contribution >= 4 is 32.0 Å². The normalized spacial score (nSPS) is 13.5. The molecule has 1 N–H and O–H groups in total. The first-order chi connectivity index (χ1) is 11.1. The number of rotatable bonds is 5. The molecule has 0 aliphatic carbocycles. The maximum absolute atomic E-state index is 12.8. The Morgan fingerprint density at radius 1 is 1.08 bits per heavy atom. The van der Waals surface area contributed by atoms with E-state index in [0.717, 1.165) is 11.6 Å². The van der Waals surface area contributed by atoms with Crippen LogP contribution in [0.4, 0.5) is 24.5 Å². The highest BCUT2D eigenvalue weighted by molar-refractivity contribution is 7.92. The minimum absolute atomic E-state index is 0.176. The van der Waals surface area contributed by atoms with Crippen molar-refractivity contribution in [3.63, 3.8) is 0 Å². The lowest BCUT2D eigenvalue weighted by Gasteiger charge is -2.14. The third-order valence-corrected chi connectivity index (χ3v) is 5.34. The van der Waals surface area contributed by atoms with E-state index in [1.807, 2.05) is 0 Å². The topological polar surface area (TPSA) is 63.2 Å². The third-order valence-electron chi connectivity index (χ3n) is 3.06. The van der Waals surface area contributed by atoms with Crippen molar-refractivity contribution in [1.29, 1.82) is 0 Å². The van der Waals surface area contributed by atoms with Crippen molar-refractivity contribution in [2.45, 2.75) is 16.2 Å². The van der Waals surface area contributed by atoms with Gasteiger partial charge in [0, 0.05) is 28.5 Å². The molecule has 0 fully saturated rings. The summed E-state index contributed by atoms with van der Waals surface area (Å²) in [6.45, 7) is 0. The molecule has 2 aromatic carbocycles. The van der Waals surface area contributed by atoms with Gasteiger partial charge in [0.1, 0.15) is 0 Å². The zero-order valence-corrected chi connectivity index (χ0v) is 14.1. The van der Waals surface area contributed by atoms with Gasteiger partial charge in [0.25, 0.3) is 9.84 Å². The van der Waals surface area contributed by atoms with Crippen molar-refractivity contribution in [3.05, 3.63) is 54.1 Å². The number of sulfone groups is 1. The van der Waals surface area contributed by atoms with Gasteiger partial charge in [0.15, 0.2) is 0 Å². The molecule has 0 aliphatic heterocycles. The highest BCUT2D eigenvalue weighted by atomic mass is 32.2. The number of alkyl halides is 3. The molecule has 9 heteroatoms. The molecule has 1 atom stereocenters. The van der Waals surface area contributed by atoms with E-state index in [1.165, 1.54) is 24.5 Å². The number of para-hydroxylation sites is 1. The monoisotopic (exact) mass is 377 g/mol. The Labute approximate surface area is 140 Å². The molecule has 2 aromatic rings. The SMILES string of the molecule is CS(=O)Cc1cccc(Nc2ccccc2S(=O)(=O)C(F)(F)F)c1. The average Bonchev–Trinajstić information content (AvgIpc) is 2.46. The van der Waals surface area contributed by atoms with E-state index in [9.17, 15) is 25.8 Å². The summed E-state index contributed by atoms with van der Waals surface area (Å²) in [7, 11) is -6.54. The van der Waals surface area contributed by atoms with E-state index in [4.69, 9.17) is 0 Å². The lowest BCUT2D eigenvalue weighted by atomic mass is 10.2. The Morgan fingerprint density at radius 3 is 2.38 bits per heavy atom. The second-order valence-corrected chi connectivity index (χ2v) is 8.33. The minimum atomic E-state index is -5.47. The van der Waals surface area contributed by atoms with Gasteiger partial charge in [-0.15, -0.1) is 0 Å². The fourth-order valence-electron chi connectivity index (χ4n) is 2.06. The van der Waals surface area contributed by atoms with E-state index in [2.05, 4.69) is 5.32 Å². The molecule has 24 heavy (non-hydrogen) atoms. The van der Waals surface area contributed by atoms with Crippen molar-refractivity contribution in [2.75, 3.05) is 11.6 Å². The quantitative estimate of drug-likeness (QED) is 0.865. The fourth-order valence-corrected chi connectivity index (χ4v) is 3.62. The predicted molar refractivity (Wildman–Crippen MR) is 87.2 cm³/mol. The van der Waals surface area contributed by atoms with Crippen LogP contribution in [-0.4, -0.2) is 24.4 Å². The van der Waals surface area contributed by atoms with E-state index < -0.39 is 31.0 Å². The molecule has 4 nitrogen and oxygen atoms in total. The second-order valence-electron chi connectivity index (χ2n) is 4.99. The zero-order chi connectivity index (χ0) is 18.0. The molecule has 0 saturated heterocycles. The van der Waals surface area contributed by atoms with Gasteiger partial charge >= 0.3 is 5.51 Å². The molecule has 0 radical (unpaired) electrons. The van der Waals surface area contributed by atoms with Crippen molar-refractivity contribution < 1.29 is 25.8 Å². The molecule has 0 heterocycles. The molecule has 1 unspecified atom stereocenters. The Kier molecular flexibility index (Phi) is 5.34. The lowest BCUT2D eigenvalue weighted by Crippen LogP contribution is -2.24. The van der Waals surface area contributed by atoms with Crippen LogP contribution in [0.25, 0.3) is 0 Å². The summed E-state index contributed by atoms with van der Waals surface area (Å²) in [4.78, 5) is -0.845. The van der Waals surface area contributed by atoms with Crippen LogP contribution in [0.15, 0.2) is 53.4 Å². The van der Waals surface area contributed by atoms with Crippen LogP contribution in [0.2, 0.25) is 0 Å². The lowest BCUT2D eigenvalue weighted by molar-refractivity contribution is -0.0435. The van der Waals surface area contributed by atoms with Gasteiger partial charge in [-0.05, 0) is 29.8 Å². The summed E-state index contributed by atoms with van der Waals surface area (Å²) >= 11 is 0. The highest BCUT2D eigenvalue weighted by Crippen LogP contribution is 2.35. The highest BCUT2D eigenvalue weighted by Gasteiger charge is 2.47. The van der Waals surface area contributed by atoms with E-state index in [-0.39, 0.29) is 11.4 Å². The molecular weight excluding hydrogens is 363 g/mol. The fraction of sp³-hybridized carbons (Fsp3) is 0.200. The molecule has 130 valence electrons. The van der Waals surface area contributed by atoms with Crippen LogP contribution in [0, 0.1) is 0 Å². The third kappa shape index (κ3) is 4.15. The first-order valence-electron chi connectivity index (χ1n) is 6.67. The van der Waals surface area contributed by atoms with E-state index >= 15 is 0 Å². The average molecular weight is 377 g/mol. The molecule has 0 spiro atoms.